The molecule has 0 amide bonds. The molecule has 0 aromatic heterocycles. The molecule has 0 fully saturated rings. The van der Waals surface area contributed by atoms with Crippen molar-refractivity contribution < 1.29 is 4.79 Å². The van der Waals surface area contributed by atoms with Crippen molar-refractivity contribution in [1.29, 1.82) is 0 Å². The first-order chi connectivity index (χ1) is 4.66. The summed E-state index contributed by atoms with van der Waals surface area (Å²) in [5.41, 5.74) is 0. The molecule has 1 heteroatoms. The van der Waals surface area contributed by atoms with E-state index in [2.05, 4.69) is 20.8 Å². The molecule has 1 radical (unpaired) electrons. The minimum absolute atomic E-state index is 0.0728. The number of Topliss-reactive ketones (excluding diaryl/α,β-unsaturated/α-hetero) is 1. The van der Waals surface area contributed by atoms with Gasteiger partial charge in [-0.15, -0.1) is 0 Å². The van der Waals surface area contributed by atoms with Crippen LogP contribution in [0.5, 0.6) is 0 Å². The van der Waals surface area contributed by atoms with Gasteiger partial charge < -0.3 is 0 Å². The average molecular weight is 141 g/mol. The number of unbranched alkanes of at least 4 members (excludes halogenated alkanes) is 1. The number of carbonyl (C=O) groups is 1. The zero-order valence-electron chi connectivity index (χ0n) is 7.02. The van der Waals surface area contributed by atoms with E-state index in [4.69, 9.17) is 0 Å². The number of hydrogen-bond donors (Lipinski definition) is 0. The SMILES string of the molecule is [CH2]C(=O)CC(C)CCCC. The van der Waals surface area contributed by atoms with Crippen molar-refractivity contribution >= 4 is 5.78 Å². The molecule has 0 saturated carbocycles. The number of rotatable bonds is 5. The molecule has 0 aliphatic heterocycles. The van der Waals surface area contributed by atoms with Crippen molar-refractivity contribution in [1.82, 2.24) is 0 Å². The molecule has 0 rings (SSSR count). The molecule has 0 aromatic carbocycles. The van der Waals surface area contributed by atoms with Crippen molar-refractivity contribution in [2.45, 2.75) is 39.5 Å². The van der Waals surface area contributed by atoms with Gasteiger partial charge >= 0.3 is 0 Å². The van der Waals surface area contributed by atoms with Crippen LogP contribution < -0.4 is 0 Å². The highest BCUT2D eigenvalue weighted by Gasteiger charge is 2.03. The van der Waals surface area contributed by atoms with Gasteiger partial charge in [-0.3, -0.25) is 4.79 Å². The zero-order valence-corrected chi connectivity index (χ0v) is 7.02. The molecule has 10 heavy (non-hydrogen) atoms. The molecule has 0 aromatic rings. The number of ketones is 1. The summed E-state index contributed by atoms with van der Waals surface area (Å²) in [5, 5.41) is 0. The molecule has 59 valence electrons. The van der Waals surface area contributed by atoms with Crippen molar-refractivity contribution in [3.05, 3.63) is 6.92 Å². The second kappa shape index (κ2) is 5.45. The Morgan fingerprint density at radius 2 is 2.20 bits per heavy atom. The fourth-order valence-electron chi connectivity index (χ4n) is 1.04. The highest BCUT2D eigenvalue weighted by Crippen LogP contribution is 2.11. The lowest BCUT2D eigenvalue weighted by molar-refractivity contribution is -0.115. The highest BCUT2D eigenvalue weighted by atomic mass is 16.1. The Labute approximate surface area is 63.8 Å². The van der Waals surface area contributed by atoms with Gasteiger partial charge in [0.05, 0.1) is 0 Å². The molecule has 0 bridgehead atoms. The minimum atomic E-state index is 0.0728. The molecule has 1 nitrogen and oxygen atoms in total. The van der Waals surface area contributed by atoms with Gasteiger partial charge in [0, 0.05) is 13.3 Å². The summed E-state index contributed by atoms with van der Waals surface area (Å²) in [7, 11) is 0. The molecule has 0 spiro atoms. The van der Waals surface area contributed by atoms with Crippen LogP contribution in [0.3, 0.4) is 0 Å². The highest BCUT2D eigenvalue weighted by molar-refractivity contribution is 5.82. The summed E-state index contributed by atoms with van der Waals surface area (Å²) in [6.45, 7) is 7.62. The van der Waals surface area contributed by atoms with Crippen LogP contribution in [0, 0.1) is 12.8 Å². The molecule has 0 aliphatic carbocycles. The Morgan fingerprint density at radius 1 is 1.60 bits per heavy atom. The molecule has 1 atom stereocenters. The Balaban J connectivity index is 3.25. The van der Waals surface area contributed by atoms with Crippen molar-refractivity contribution in [2.24, 2.45) is 5.92 Å². The first kappa shape index (κ1) is 9.67. The Hall–Kier alpha value is -0.330. The molecule has 0 heterocycles. The van der Waals surface area contributed by atoms with E-state index in [-0.39, 0.29) is 5.78 Å². The predicted molar refractivity (Wildman–Crippen MR) is 43.7 cm³/mol. The van der Waals surface area contributed by atoms with E-state index in [1.807, 2.05) is 0 Å². The average Bonchev–Trinajstić information content (AvgIpc) is 1.82. The molecule has 0 N–H and O–H groups in total. The summed E-state index contributed by atoms with van der Waals surface area (Å²) in [6, 6.07) is 0. The van der Waals surface area contributed by atoms with Gasteiger partial charge in [0.1, 0.15) is 5.78 Å². The number of carbonyl (C=O) groups excluding carboxylic acids is 1. The topological polar surface area (TPSA) is 17.1 Å². The van der Waals surface area contributed by atoms with Gasteiger partial charge in [0.2, 0.25) is 0 Å². The monoisotopic (exact) mass is 141 g/mol. The van der Waals surface area contributed by atoms with Crippen LogP contribution in [0.15, 0.2) is 0 Å². The quantitative estimate of drug-likeness (QED) is 0.575. The van der Waals surface area contributed by atoms with Gasteiger partial charge in [0.25, 0.3) is 0 Å². The van der Waals surface area contributed by atoms with Gasteiger partial charge in [-0.25, -0.2) is 0 Å². The van der Waals surface area contributed by atoms with Gasteiger partial charge in [-0.05, 0) is 5.92 Å². The zero-order chi connectivity index (χ0) is 7.98. The van der Waals surface area contributed by atoms with Crippen LogP contribution in [0.25, 0.3) is 0 Å². The summed E-state index contributed by atoms with van der Waals surface area (Å²) in [5.74, 6) is 0.605. The first-order valence-electron chi connectivity index (χ1n) is 4.01. The lowest BCUT2D eigenvalue weighted by atomic mass is 9.99. The first-order valence-corrected chi connectivity index (χ1v) is 4.01. The Kier molecular flexibility index (Phi) is 5.27. The van der Waals surface area contributed by atoms with E-state index < -0.39 is 0 Å². The summed E-state index contributed by atoms with van der Waals surface area (Å²) in [4.78, 5) is 10.5. The van der Waals surface area contributed by atoms with Crippen molar-refractivity contribution in [3.8, 4) is 0 Å². The van der Waals surface area contributed by atoms with E-state index in [1.165, 1.54) is 12.8 Å². The normalized spacial score (nSPS) is 13.1. The van der Waals surface area contributed by atoms with E-state index >= 15 is 0 Å². The van der Waals surface area contributed by atoms with Crippen LogP contribution in [-0.2, 0) is 4.79 Å². The molecular weight excluding hydrogens is 124 g/mol. The maximum atomic E-state index is 10.5. The van der Waals surface area contributed by atoms with Crippen LogP contribution in [0.2, 0.25) is 0 Å². The Morgan fingerprint density at radius 3 is 2.60 bits per heavy atom. The largest absolute Gasteiger partial charge is 0.300 e. The maximum absolute atomic E-state index is 10.5. The minimum Gasteiger partial charge on any atom is -0.300 e. The fourth-order valence-corrected chi connectivity index (χ4v) is 1.04. The molecule has 0 saturated heterocycles. The molecule has 0 aliphatic rings. The second-order valence-electron chi connectivity index (χ2n) is 2.99. The maximum Gasteiger partial charge on any atom is 0.133 e. The summed E-state index contributed by atoms with van der Waals surface area (Å²) >= 11 is 0. The van der Waals surface area contributed by atoms with E-state index in [0.717, 1.165) is 6.42 Å². The second-order valence-corrected chi connectivity index (χ2v) is 2.99. The van der Waals surface area contributed by atoms with Crippen LogP contribution >= 0.6 is 0 Å². The lowest BCUT2D eigenvalue weighted by Crippen LogP contribution is -2.01. The third kappa shape index (κ3) is 5.80. The van der Waals surface area contributed by atoms with E-state index in [9.17, 15) is 4.79 Å². The van der Waals surface area contributed by atoms with Gasteiger partial charge in [-0.1, -0.05) is 33.1 Å². The standard InChI is InChI=1S/C9H17O/c1-4-5-6-8(2)7-9(3)10/h8H,3-7H2,1-2H3. The van der Waals surface area contributed by atoms with Crippen molar-refractivity contribution in [2.75, 3.05) is 0 Å². The smallest absolute Gasteiger partial charge is 0.133 e. The van der Waals surface area contributed by atoms with E-state index in [0.29, 0.717) is 12.3 Å². The summed E-state index contributed by atoms with van der Waals surface area (Å²) < 4.78 is 0. The fraction of sp³-hybridized carbons (Fsp3) is 0.778. The van der Waals surface area contributed by atoms with Crippen LogP contribution in [-0.4, -0.2) is 5.78 Å². The van der Waals surface area contributed by atoms with Gasteiger partial charge in [0.15, 0.2) is 0 Å². The third-order valence-electron chi connectivity index (χ3n) is 1.63. The Bertz CT molecular complexity index is 96.9. The predicted octanol–water partition coefficient (Wildman–Crippen LogP) is 2.61. The number of hydrogen-bond acceptors (Lipinski definition) is 1. The van der Waals surface area contributed by atoms with Crippen LogP contribution in [0.4, 0.5) is 0 Å². The lowest BCUT2D eigenvalue weighted by Gasteiger charge is -2.06. The summed E-state index contributed by atoms with van der Waals surface area (Å²) in [6.07, 6.45) is 4.27. The molecule has 1 unspecified atom stereocenters. The van der Waals surface area contributed by atoms with E-state index in [1.54, 1.807) is 0 Å². The third-order valence-corrected chi connectivity index (χ3v) is 1.63. The van der Waals surface area contributed by atoms with Gasteiger partial charge in [-0.2, -0.15) is 0 Å². The van der Waals surface area contributed by atoms with Crippen molar-refractivity contribution in [3.63, 3.8) is 0 Å². The van der Waals surface area contributed by atoms with Crippen LogP contribution in [0.1, 0.15) is 39.5 Å². The molecular formula is C9H17O.